The number of rotatable bonds is 3. The monoisotopic (exact) mass is 450 g/mol. The van der Waals surface area contributed by atoms with Gasteiger partial charge < -0.3 is 0 Å². The average molecular weight is 450 g/mol. The van der Waals surface area contributed by atoms with E-state index < -0.39 is 0 Å². The van der Waals surface area contributed by atoms with Crippen molar-refractivity contribution in [3.8, 4) is 0 Å². The lowest BCUT2D eigenvalue weighted by Crippen LogP contribution is -2.04. The molecule has 0 N–H and O–H groups in total. The Morgan fingerprint density at radius 2 is 1.88 bits per heavy atom. The first kappa shape index (κ1) is 10.2. The van der Waals surface area contributed by atoms with Gasteiger partial charge >= 0.3 is 0 Å². The minimum Gasteiger partial charge on any atom is -0.0852 e. The molecule has 3 heteroatoms. The maximum Gasteiger partial charge on any atom is 0.0209 e. The highest BCUT2D eigenvalue weighted by Crippen LogP contribution is 2.16. The van der Waals surface area contributed by atoms with Crippen molar-refractivity contribution in [3.63, 3.8) is 0 Å². The van der Waals surface area contributed by atoms with E-state index in [4.69, 9.17) is 0 Å². The van der Waals surface area contributed by atoms with Gasteiger partial charge in [0, 0.05) is 12.3 Å². The third-order valence-corrected chi connectivity index (χ3v) is 4.95. The fourth-order valence-corrected chi connectivity index (χ4v) is 3.12. The van der Waals surface area contributed by atoms with E-state index in [-0.39, 0.29) is 0 Å². The third-order valence-electron chi connectivity index (χ3n) is 0.748. The second kappa shape index (κ2) is 5.94. The highest BCUT2D eigenvalue weighted by atomic mass is 127. The van der Waals surface area contributed by atoms with Gasteiger partial charge in [-0.05, 0) is 6.42 Å². The standard InChI is InChI=1S/C5H9I3/c1-4(7)2-5(8)3-6/h4-5H,2-3H2,1H3. The van der Waals surface area contributed by atoms with Crippen LogP contribution in [0.15, 0.2) is 0 Å². The first-order chi connectivity index (χ1) is 3.66. The first-order valence-electron chi connectivity index (χ1n) is 2.51. The average Bonchev–Trinajstić information content (AvgIpc) is 1.65. The van der Waals surface area contributed by atoms with Gasteiger partial charge in [-0.3, -0.25) is 0 Å². The molecule has 0 aliphatic rings. The Morgan fingerprint density at radius 3 is 2.00 bits per heavy atom. The molecular formula is C5H9I3. The highest BCUT2D eigenvalue weighted by Gasteiger charge is 2.03. The van der Waals surface area contributed by atoms with Gasteiger partial charge in [0.1, 0.15) is 0 Å². The zero-order chi connectivity index (χ0) is 6.57. The zero-order valence-corrected chi connectivity index (χ0v) is 11.2. The Bertz CT molecular complexity index is 53.6. The van der Waals surface area contributed by atoms with Crippen LogP contribution < -0.4 is 0 Å². The summed E-state index contributed by atoms with van der Waals surface area (Å²) in [5.41, 5.74) is 0. The molecule has 8 heavy (non-hydrogen) atoms. The highest BCUT2D eigenvalue weighted by molar-refractivity contribution is 14.1. The fraction of sp³-hybridized carbons (Fsp3) is 1.00. The molecule has 0 fully saturated rings. The normalized spacial score (nSPS) is 18.0. The van der Waals surface area contributed by atoms with Crippen LogP contribution in [0.1, 0.15) is 13.3 Å². The molecule has 0 amide bonds. The summed E-state index contributed by atoms with van der Waals surface area (Å²) in [6, 6.07) is 0. The Hall–Kier alpha value is 2.19. The minimum absolute atomic E-state index is 0.837. The van der Waals surface area contributed by atoms with Crippen LogP contribution in [0.4, 0.5) is 0 Å². The maximum absolute atomic E-state index is 2.51. The summed E-state index contributed by atoms with van der Waals surface area (Å²) in [6.45, 7) is 2.26. The van der Waals surface area contributed by atoms with Crippen LogP contribution in [0, 0.1) is 0 Å². The van der Waals surface area contributed by atoms with Crippen molar-refractivity contribution in [3.05, 3.63) is 0 Å². The topological polar surface area (TPSA) is 0 Å². The lowest BCUT2D eigenvalue weighted by molar-refractivity contribution is 0.860. The minimum atomic E-state index is 0.837. The Kier molecular flexibility index (Phi) is 7.56. The number of hydrogen-bond acceptors (Lipinski definition) is 0. The molecule has 50 valence electrons. The molecule has 0 aromatic rings. The molecule has 0 aliphatic carbocycles. The summed E-state index contributed by atoms with van der Waals surface area (Å²) in [5.74, 6) is 0. The lowest BCUT2D eigenvalue weighted by Gasteiger charge is -2.05. The number of hydrogen-bond donors (Lipinski definition) is 0. The summed E-state index contributed by atoms with van der Waals surface area (Å²) in [6.07, 6.45) is 1.35. The summed E-state index contributed by atoms with van der Waals surface area (Å²) in [5, 5.41) is 0. The van der Waals surface area contributed by atoms with Gasteiger partial charge in [0.2, 0.25) is 0 Å². The second-order valence-electron chi connectivity index (χ2n) is 1.77. The van der Waals surface area contributed by atoms with E-state index >= 15 is 0 Å². The molecule has 0 spiro atoms. The van der Waals surface area contributed by atoms with Crippen molar-refractivity contribution in [2.75, 3.05) is 4.43 Å². The van der Waals surface area contributed by atoms with Gasteiger partial charge in [-0.15, -0.1) is 0 Å². The SMILES string of the molecule is CC(I)CC(I)CI. The van der Waals surface area contributed by atoms with E-state index in [1.54, 1.807) is 0 Å². The van der Waals surface area contributed by atoms with Gasteiger partial charge in [0.15, 0.2) is 0 Å². The van der Waals surface area contributed by atoms with E-state index in [1.807, 2.05) is 0 Å². The van der Waals surface area contributed by atoms with Crippen molar-refractivity contribution in [2.45, 2.75) is 21.2 Å². The molecule has 0 saturated carbocycles. The Labute approximate surface area is 92.0 Å². The fourth-order valence-electron chi connectivity index (χ4n) is 0.415. The van der Waals surface area contributed by atoms with Gasteiger partial charge in [0.05, 0.1) is 0 Å². The van der Waals surface area contributed by atoms with Gasteiger partial charge in [-0.1, -0.05) is 74.7 Å². The van der Waals surface area contributed by atoms with Crippen molar-refractivity contribution < 1.29 is 0 Å². The molecule has 0 saturated heterocycles. The van der Waals surface area contributed by atoms with Crippen LogP contribution in [0.25, 0.3) is 0 Å². The molecule has 0 rings (SSSR count). The quantitative estimate of drug-likeness (QED) is 0.457. The summed E-state index contributed by atoms with van der Waals surface area (Å²) >= 11 is 7.42. The van der Waals surface area contributed by atoms with Gasteiger partial charge in [0.25, 0.3) is 0 Å². The van der Waals surface area contributed by atoms with Gasteiger partial charge in [-0.25, -0.2) is 0 Å². The van der Waals surface area contributed by atoms with E-state index in [9.17, 15) is 0 Å². The molecule has 0 heterocycles. The lowest BCUT2D eigenvalue weighted by atomic mass is 10.3. The van der Waals surface area contributed by atoms with Crippen LogP contribution in [0.3, 0.4) is 0 Å². The molecule has 2 atom stereocenters. The molecule has 0 nitrogen and oxygen atoms in total. The summed E-state index contributed by atoms with van der Waals surface area (Å²) in [4.78, 5) is 0. The molecule has 0 aromatic carbocycles. The van der Waals surface area contributed by atoms with Crippen molar-refractivity contribution in [1.29, 1.82) is 0 Å². The third kappa shape index (κ3) is 6.31. The maximum atomic E-state index is 2.51. The zero-order valence-electron chi connectivity index (χ0n) is 4.70. The van der Waals surface area contributed by atoms with Crippen molar-refractivity contribution >= 4 is 67.8 Å². The van der Waals surface area contributed by atoms with E-state index in [0.29, 0.717) is 0 Å². The van der Waals surface area contributed by atoms with E-state index in [1.165, 1.54) is 10.8 Å². The number of halogens is 3. The molecule has 2 unspecified atom stereocenters. The van der Waals surface area contributed by atoms with Crippen molar-refractivity contribution in [2.24, 2.45) is 0 Å². The Balaban J connectivity index is 3.10. The van der Waals surface area contributed by atoms with Crippen LogP contribution in [-0.4, -0.2) is 12.3 Å². The van der Waals surface area contributed by atoms with Crippen LogP contribution in [0.2, 0.25) is 0 Å². The number of alkyl halides is 3. The first-order valence-corrected chi connectivity index (χ1v) is 6.52. The Morgan fingerprint density at radius 1 is 1.38 bits per heavy atom. The van der Waals surface area contributed by atoms with Gasteiger partial charge in [-0.2, -0.15) is 0 Å². The predicted octanol–water partition coefficient (Wildman–Crippen LogP) is 3.44. The molecule has 0 bridgehead atoms. The van der Waals surface area contributed by atoms with Crippen LogP contribution in [-0.2, 0) is 0 Å². The molecule has 0 radical (unpaired) electrons. The van der Waals surface area contributed by atoms with Crippen LogP contribution >= 0.6 is 67.8 Å². The molecule has 0 aromatic heterocycles. The second-order valence-corrected chi connectivity index (χ2v) is 6.54. The van der Waals surface area contributed by atoms with E-state index in [0.717, 1.165) is 7.85 Å². The predicted molar refractivity (Wildman–Crippen MR) is 64.8 cm³/mol. The van der Waals surface area contributed by atoms with E-state index in [2.05, 4.69) is 74.7 Å². The molecular weight excluding hydrogens is 441 g/mol. The summed E-state index contributed by atoms with van der Waals surface area (Å²) in [7, 11) is 0. The molecule has 0 aliphatic heterocycles. The smallest absolute Gasteiger partial charge is 0.0209 e. The van der Waals surface area contributed by atoms with Crippen molar-refractivity contribution in [1.82, 2.24) is 0 Å². The largest absolute Gasteiger partial charge is 0.0852 e. The van der Waals surface area contributed by atoms with Crippen LogP contribution in [0.5, 0.6) is 0 Å². The summed E-state index contributed by atoms with van der Waals surface area (Å²) < 4.78 is 3.00.